The molecule has 0 aliphatic carbocycles. The maximum Gasteiger partial charge on any atom is 0.255 e. The first-order valence-electron chi connectivity index (χ1n) is 10.4. The highest BCUT2D eigenvalue weighted by Gasteiger charge is 2.39. The van der Waals surface area contributed by atoms with Crippen LogP contribution >= 0.6 is 0 Å². The molecule has 1 saturated heterocycles. The smallest absolute Gasteiger partial charge is 0.255 e. The highest BCUT2D eigenvalue weighted by atomic mass is 16.2. The number of imide groups is 1. The number of piperidine rings is 1. The number of pyridine rings is 1. The molecule has 0 bridgehead atoms. The van der Waals surface area contributed by atoms with E-state index in [0.717, 1.165) is 22.0 Å². The molecule has 8 nitrogen and oxygen atoms in total. The predicted octanol–water partition coefficient (Wildman–Crippen LogP) is 1.93. The van der Waals surface area contributed by atoms with Crippen molar-refractivity contribution in [3.05, 3.63) is 77.0 Å². The number of nitrogens with one attached hydrogen (secondary N) is 2. The van der Waals surface area contributed by atoms with Gasteiger partial charge >= 0.3 is 0 Å². The standard InChI is InChI=1S/C24H20N4O4/c29-21-8-7-20(23(31)27-21)28-13-17-5-4-16(11-18(17)24(28)32)22(30)26-12-14-3-6-19-15(10-14)2-1-9-25-19/h1-6,9-11,20H,7-8,12-13H2,(H,26,30)(H,27,29,31). The molecule has 0 radical (unpaired) electrons. The third kappa shape index (κ3) is 3.60. The molecule has 1 unspecified atom stereocenters. The normalized spacial score (nSPS) is 17.9. The number of rotatable bonds is 4. The lowest BCUT2D eigenvalue weighted by Crippen LogP contribution is -2.52. The van der Waals surface area contributed by atoms with E-state index in [4.69, 9.17) is 0 Å². The van der Waals surface area contributed by atoms with Crippen molar-refractivity contribution in [3.63, 3.8) is 0 Å². The summed E-state index contributed by atoms with van der Waals surface area (Å²) in [7, 11) is 0. The summed E-state index contributed by atoms with van der Waals surface area (Å²) in [5, 5.41) is 6.17. The zero-order chi connectivity index (χ0) is 22.2. The summed E-state index contributed by atoms with van der Waals surface area (Å²) in [5.41, 5.74) is 3.39. The number of carbonyl (C=O) groups is 4. The first kappa shape index (κ1) is 19.9. The molecule has 3 heterocycles. The Hall–Kier alpha value is -4.07. The monoisotopic (exact) mass is 428 g/mol. The SMILES string of the molecule is O=C1CCC(N2Cc3ccc(C(=O)NCc4ccc5ncccc5c4)cc3C2=O)C(=O)N1. The van der Waals surface area contributed by atoms with Crippen molar-refractivity contribution in [3.8, 4) is 0 Å². The highest BCUT2D eigenvalue weighted by Crippen LogP contribution is 2.28. The summed E-state index contributed by atoms with van der Waals surface area (Å²) in [5.74, 6) is -1.36. The third-order valence-corrected chi connectivity index (χ3v) is 5.91. The maximum atomic E-state index is 12.9. The molecule has 1 aromatic heterocycles. The van der Waals surface area contributed by atoms with Crippen LogP contribution in [0.2, 0.25) is 0 Å². The molecular weight excluding hydrogens is 408 g/mol. The zero-order valence-electron chi connectivity index (χ0n) is 17.1. The fraction of sp³-hybridized carbons (Fsp3) is 0.208. The predicted molar refractivity (Wildman–Crippen MR) is 115 cm³/mol. The van der Waals surface area contributed by atoms with Crippen LogP contribution in [0.3, 0.4) is 0 Å². The molecule has 32 heavy (non-hydrogen) atoms. The van der Waals surface area contributed by atoms with Crippen LogP contribution in [0.25, 0.3) is 10.9 Å². The van der Waals surface area contributed by atoms with Crippen LogP contribution in [-0.4, -0.2) is 39.6 Å². The van der Waals surface area contributed by atoms with E-state index in [9.17, 15) is 19.2 Å². The van der Waals surface area contributed by atoms with Crippen LogP contribution in [0.5, 0.6) is 0 Å². The van der Waals surface area contributed by atoms with E-state index < -0.39 is 11.9 Å². The third-order valence-electron chi connectivity index (χ3n) is 5.91. The Balaban J connectivity index is 1.28. The van der Waals surface area contributed by atoms with Gasteiger partial charge in [-0.05, 0) is 47.9 Å². The molecule has 2 aliphatic heterocycles. The quantitative estimate of drug-likeness (QED) is 0.618. The summed E-state index contributed by atoms with van der Waals surface area (Å²) in [6.45, 7) is 0.630. The van der Waals surface area contributed by atoms with Crippen molar-refractivity contribution in [2.45, 2.75) is 32.0 Å². The van der Waals surface area contributed by atoms with Gasteiger partial charge in [0.15, 0.2) is 0 Å². The Bertz CT molecular complexity index is 1290. The van der Waals surface area contributed by atoms with E-state index in [0.29, 0.717) is 24.1 Å². The lowest BCUT2D eigenvalue weighted by atomic mass is 10.0. The molecule has 2 N–H and O–H groups in total. The van der Waals surface area contributed by atoms with Crippen molar-refractivity contribution in [1.82, 2.24) is 20.5 Å². The Morgan fingerprint density at radius 2 is 2.00 bits per heavy atom. The van der Waals surface area contributed by atoms with Gasteiger partial charge < -0.3 is 10.2 Å². The van der Waals surface area contributed by atoms with E-state index >= 15 is 0 Å². The average Bonchev–Trinajstić information content (AvgIpc) is 3.13. The molecule has 3 aromatic rings. The highest BCUT2D eigenvalue weighted by molar-refractivity contribution is 6.06. The lowest BCUT2D eigenvalue weighted by Gasteiger charge is -2.29. The first-order chi connectivity index (χ1) is 15.5. The second-order valence-corrected chi connectivity index (χ2v) is 7.99. The number of carbonyl (C=O) groups excluding carboxylic acids is 4. The van der Waals surface area contributed by atoms with Gasteiger partial charge in [0.05, 0.1) is 5.52 Å². The fourth-order valence-corrected chi connectivity index (χ4v) is 4.22. The van der Waals surface area contributed by atoms with Crippen LogP contribution in [0.4, 0.5) is 0 Å². The second kappa shape index (κ2) is 7.88. The van der Waals surface area contributed by atoms with Crippen LogP contribution < -0.4 is 10.6 Å². The van der Waals surface area contributed by atoms with Gasteiger partial charge in [0.1, 0.15) is 6.04 Å². The summed E-state index contributed by atoms with van der Waals surface area (Å²) in [6.07, 6.45) is 2.24. The summed E-state index contributed by atoms with van der Waals surface area (Å²) in [4.78, 5) is 55.0. The van der Waals surface area contributed by atoms with E-state index in [1.165, 1.54) is 4.90 Å². The Morgan fingerprint density at radius 1 is 1.12 bits per heavy atom. The number of benzene rings is 2. The molecule has 160 valence electrons. The first-order valence-corrected chi connectivity index (χ1v) is 10.4. The van der Waals surface area contributed by atoms with Crippen molar-refractivity contribution in [2.24, 2.45) is 0 Å². The molecule has 1 fully saturated rings. The van der Waals surface area contributed by atoms with Gasteiger partial charge in [-0.15, -0.1) is 0 Å². The molecular formula is C24H20N4O4. The minimum absolute atomic E-state index is 0.203. The van der Waals surface area contributed by atoms with Gasteiger partial charge in [0.2, 0.25) is 11.8 Å². The van der Waals surface area contributed by atoms with Crippen LogP contribution in [0.1, 0.15) is 44.7 Å². The van der Waals surface area contributed by atoms with E-state index in [1.54, 1.807) is 24.4 Å². The number of hydrogen-bond donors (Lipinski definition) is 2. The minimum atomic E-state index is -0.674. The molecule has 4 amide bonds. The Labute approximate surface area is 183 Å². The summed E-state index contributed by atoms with van der Waals surface area (Å²) >= 11 is 0. The van der Waals surface area contributed by atoms with Crippen LogP contribution in [0, 0.1) is 0 Å². The average molecular weight is 428 g/mol. The van der Waals surface area contributed by atoms with Crippen molar-refractivity contribution in [2.75, 3.05) is 0 Å². The Kier molecular flexibility index (Phi) is 4.89. The van der Waals surface area contributed by atoms with Gasteiger partial charge in [-0.2, -0.15) is 0 Å². The molecule has 2 aromatic carbocycles. The molecule has 8 heteroatoms. The second-order valence-electron chi connectivity index (χ2n) is 7.99. The van der Waals surface area contributed by atoms with Crippen molar-refractivity contribution in [1.29, 1.82) is 0 Å². The minimum Gasteiger partial charge on any atom is -0.348 e. The molecule has 5 rings (SSSR count). The van der Waals surface area contributed by atoms with Crippen molar-refractivity contribution < 1.29 is 19.2 Å². The van der Waals surface area contributed by atoms with Gasteiger partial charge in [-0.3, -0.25) is 29.5 Å². The topological polar surface area (TPSA) is 108 Å². The number of amides is 4. The van der Waals surface area contributed by atoms with E-state index in [2.05, 4.69) is 15.6 Å². The number of aromatic nitrogens is 1. The number of fused-ring (bicyclic) bond motifs is 2. The van der Waals surface area contributed by atoms with Crippen LogP contribution in [0.15, 0.2) is 54.7 Å². The van der Waals surface area contributed by atoms with Gasteiger partial charge in [-0.1, -0.05) is 18.2 Å². The van der Waals surface area contributed by atoms with Gasteiger partial charge in [0, 0.05) is 42.2 Å². The summed E-state index contributed by atoms with van der Waals surface area (Å²) in [6, 6.07) is 14.0. The van der Waals surface area contributed by atoms with E-state index in [-0.39, 0.29) is 30.7 Å². The lowest BCUT2D eigenvalue weighted by molar-refractivity contribution is -0.136. The van der Waals surface area contributed by atoms with Crippen molar-refractivity contribution >= 4 is 34.5 Å². The molecule has 0 spiro atoms. The van der Waals surface area contributed by atoms with Gasteiger partial charge in [0.25, 0.3) is 11.8 Å². The molecule has 0 saturated carbocycles. The fourth-order valence-electron chi connectivity index (χ4n) is 4.22. The largest absolute Gasteiger partial charge is 0.348 e. The molecule has 1 atom stereocenters. The van der Waals surface area contributed by atoms with Gasteiger partial charge in [-0.25, -0.2) is 0 Å². The maximum absolute atomic E-state index is 12.9. The van der Waals surface area contributed by atoms with Crippen LogP contribution in [-0.2, 0) is 22.7 Å². The number of nitrogens with zero attached hydrogens (tertiary/aromatic N) is 2. The molecule has 2 aliphatic rings. The zero-order valence-corrected chi connectivity index (χ0v) is 17.1. The number of hydrogen-bond acceptors (Lipinski definition) is 5. The summed E-state index contributed by atoms with van der Waals surface area (Å²) < 4.78 is 0. The Morgan fingerprint density at radius 3 is 2.84 bits per heavy atom. The van der Waals surface area contributed by atoms with E-state index in [1.807, 2.05) is 30.3 Å².